The first-order valence-corrected chi connectivity index (χ1v) is 8.80. The van der Waals surface area contributed by atoms with Gasteiger partial charge >= 0.3 is 5.97 Å². The smallest absolute Gasteiger partial charge is 0.303 e. The van der Waals surface area contributed by atoms with Crippen molar-refractivity contribution in [2.24, 2.45) is 0 Å². The average Bonchev–Trinajstić information content (AvgIpc) is 3.10. The van der Waals surface area contributed by atoms with E-state index in [0.717, 1.165) is 22.3 Å². The van der Waals surface area contributed by atoms with Gasteiger partial charge in [-0.3, -0.25) is 4.79 Å². The van der Waals surface area contributed by atoms with Gasteiger partial charge in [-0.2, -0.15) is 0 Å². The second kappa shape index (κ2) is 8.94. The number of hydrogen-bond acceptors (Lipinski definition) is 4. The summed E-state index contributed by atoms with van der Waals surface area (Å²) in [6.07, 6.45) is 0.260. The van der Waals surface area contributed by atoms with Crippen molar-refractivity contribution in [3.63, 3.8) is 0 Å². The highest BCUT2D eigenvalue weighted by Gasteiger charge is 2.32. The number of rotatable bonds is 8. The molecule has 0 amide bonds. The van der Waals surface area contributed by atoms with Gasteiger partial charge in [0.25, 0.3) is 0 Å². The number of aryl methyl sites for hydroxylation is 1. The Morgan fingerprint density at radius 2 is 1.96 bits per heavy atom. The van der Waals surface area contributed by atoms with E-state index in [2.05, 4.69) is 0 Å². The Labute approximate surface area is 153 Å². The fourth-order valence-corrected chi connectivity index (χ4v) is 3.21. The van der Waals surface area contributed by atoms with Crippen LogP contribution in [0.15, 0.2) is 48.5 Å². The molecule has 2 aromatic rings. The number of aliphatic carboxylic acids is 1. The molecule has 1 saturated heterocycles. The van der Waals surface area contributed by atoms with Gasteiger partial charge in [-0.05, 0) is 35.6 Å². The number of hydrogen-bond donors (Lipinski definition) is 1. The number of carboxylic acids is 1. The molecule has 1 aliphatic rings. The van der Waals surface area contributed by atoms with E-state index in [1.54, 1.807) is 0 Å². The van der Waals surface area contributed by atoms with E-state index in [9.17, 15) is 4.79 Å². The predicted molar refractivity (Wildman–Crippen MR) is 96.8 cm³/mol. The zero-order valence-electron chi connectivity index (χ0n) is 14.9. The molecule has 0 saturated carbocycles. The van der Waals surface area contributed by atoms with Crippen LogP contribution < -0.4 is 0 Å². The second-order valence-electron chi connectivity index (χ2n) is 6.44. The molecule has 1 N–H and O–H groups in total. The highest BCUT2D eigenvalue weighted by atomic mass is 16.7. The molecule has 26 heavy (non-hydrogen) atoms. The topological polar surface area (TPSA) is 65.0 Å². The predicted octanol–water partition coefficient (Wildman–Crippen LogP) is 3.64. The molecular weight excluding hydrogens is 332 g/mol. The van der Waals surface area contributed by atoms with E-state index in [1.165, 1.54) is 0 Å². The Morgan fingerprint density at radius 3 is 2.73 bits per heavy atom. The summed E-state index contributed by atoms with van der Waals surface area (Å²) >= 11 is 0. The van der Waals surface area contributed by atoms with Crippen LogP contribution in [0.2, 0.25) is 0 Å². The fraction of sp³-hybridized carbons (Fsp3) is 0.381. The second-order valence-corrected chi connectivity index (χ2v) is 6.44. The Balaban J connectivity index is 1.64. The quantitative estimate of drug-likeness (QED) is 0.782. The summed E-state index contributed by atoms with van der Waals surface area (Å²) in [6.45, 7) is 3.22. The van der Waals surface area contributed by atoms with Crippen LogP contribution in [-0.4, -0.2) is 30.6 Å². The molecule has 138 valence electrons. The van der Waals surface area contributed by atoms with Crippen molar-refractivity contribution in [1.82, 2.24) is 0 Å². The van der Waals surface area contributed by atoms with Gasteiger partial charge in [0.15, 0.2) is 0 Å². The van der Waals surface area contributed by atoms with E-state index in [1.807, 2.05) is 55.5 Å². The highest BCUT2D eigenvalue weighted by Crippen LogP contribution is 2.32. The molecule has 2 atom stereocenters. The first-order chi connectivity index (χ1) is 12.6. The first-order valence-electron chi connectivity index (χ1n) is 8.80. The Kier molecular flexibility index (Phi) is 6.39. The fourth-order valence-electron chi connectivity index (χ4n) is 3.21. The van der Waals surface area contributed by atoms with E-state index in [4.69, 9.17) is 19.3 Å². The summed E-state index contributed by atoms with van der Waals surface area (Å²) in [5, 5.41) is 8.92. The van der Waals surface area contributed by atoms with Gasteiger partial charge in [-0.25, -0.2) is 0 Å². The van der Waals surface area contributed by atoms with Crippen molar-refractivity contribution < 1.29 is 24.1 Å². The van der Waals surface area contributed by atoms with Crippen LogP contribution in [-0.2, 0) is 32.0 Å². The maximum absolute atomic E-state index is 10.9. The van der Waals surface area contributed by atoms with Crippen molar-refractivity contribution in [2.75, 3.05) is 13.4 Å². The molecule has 1 aliphatic heterocycles. The van der Waals surface area contributed by atoms with Gasteiger partial charge in [-0.15, -0.1) is 0 Å². The zero-order valence-corrected chi connectivity index (χ0v) is 14.9. The number of carboxylic acid groups (broad SMARTS) is 1. The molecule has 0 bridgehead atoms. The van der Waals surface area contributed by atoms with Crippen LogP contribution in [0, 0.1) is 6.92 Å². The summed E-state index contributed by atoms with van der Waals surface area (Å²) in [4.78, 5) is 10.9. The maximum atomic E-state index is 10.9. The molecule has 1 heterocycles. The van der Waals surface area contributed by atoms with E-state index >= 15 is 0 Å². The zero-order chi connectivity index (χ0) is 18.4. The molecule has 3 rings (SSSR count). The molecule has 2 unspecified atom stereocenters. The van der Waals surface area contributed by atoms with Crippen molar-refractivity contribution in [3.05, 3.63) is 70.8 Å². The monoisotopic (exact) mass is 356 g/mol. The SMILES string of the molecule is Cc1c(CCC(=O)O)cccc1C1OCOC1COCc1ccccc1. The number of ether oxygens (including phenoxy) is 3. The van der Waals surface area contributed by atoms with Gasteiger partial charge < -0.3 is 19.3 Å². The first kappa shape index (κ1) is 18.6. The largest absolute Gasteiger partial charge is 0.481 e. The normalized spacial score (nSPS) is 19.6. The van der Waals surface area contributed by atoms with Crippen molar-refractivity contribution in [3.8, 4) is 0 Å². The lowest BCUT2D eigenvalue weighted by Gasteiger charge is -2.20. The van der Waals surface area contributed by atoms with Crippen LogP contribution in [0.1, 0.15) is 34.8 Å². The number of benzene rings is 2. The Hall–Kier alpha value is -2.21. The number of carbonyl (C=O) groups is 1. The Bertz CT molecular complexity index is 728. The van der Waals surface area contributed by atoms with Crippen molar-refractivity contribution in [2.45, 2.75) is 38.6 Å². The molecule has 1 fully saturated rings. The van der Waals surface area contributed by atoms with Crippen LogP contribution in [0.4, 0.5) is 0 Å². The van der Waals surface area contributed by atoms with Crippen LogP contribution >= 0.6 is 0 Å². The minimum Gasteiger partial charge on any atom is -0.481 e. The molecule has 5 heteroatoms. The van der Waals surface area contributed by atoms with Crippen LogP contribution in [0.25, 0.3) is 0 Å². The van der Waals surface area contributed by atoms with Crippen molar-refractivity contribution in [1.29, 1.82) is 0 Å². The van der Waals surface area contributed by atoms with E-state index in [0.29, 0.717) is 19.6 Å². The standard InChI is InChI=1S/C21H24O5/c1-15-17(10-11-20(22)23)8-5-9-18(15)21-19(25-14-26-21)13-24-12-16-6-3-2-4-7-16/h2-9,19,21H,10-14H2,1H3,(H,22,23). The molecule has 0 aliphatic carbocycles. The van der Waals surface area contributed by atoms with Gasteiger partial charge in [0.2, 0.25) is 0 Å². The molecule has 0 radical (unpaired) electrons. The lowest BCUT2D eigenvalue weighted by molar-refractivity contribution is -0.136. The molecule has 0 spiro atoms. The lowest BCUT2D eigenvalue weighted by Crippen LogP contribution is -2.22. The van der Waals surface area contributed by atoms with Gasteiger partial charge in [-0.1, -0.05) is 48.5 Å². The van der Waals surface area contributed by atoms with Gasteiger partial charge in [0.1, 0.15) is 19.0 Å². The average molecular weight is 356 g/mol. The third kappa shape index (κ3) is 4.69. The van der Waals surface area contributed by atoms with Gasteiger partial charge in [0.05, 0.1) is 13.2 Å². The minimum absolute atomic E-state index is 0.121. The lowest BCUT2D eigenvalue weighted by atomic mass is 9.94. The van der Waals surface area contributed by atoms with Gasteiger partial charge in [0, 0.05) is 6.42 Å². The minimum atomic E-state index is -0.789. The molecular formula is C21H24O5. The Morgan fingerprint density at radius 1 is 1.15 bits per heavy atom. The van der Waals surface area contributed by atoms with E-state index < -0.39 is 5.97 Å². The molecule has 5 nitrogen and oxygen atoms in total. The van der Waals surface area contributed by atoms with Crippen LogP contribution in [0.5, 0.6) is 0 Å². The molecule has 2 aromatic carbocycles. The summed E-state index contributed by atoms with van der Waals surface area (Å²) in [5.41, 5.74) is 4.26. The van der Waals surface area contributed by atoms with Crippen LogP contribution in [0.3, 0.4) is 0 Å². The third-order valence-electron chi connectivity index (χ3n) is 4.66. The summed E-state index contributed by atoms with van der Waals surface area (Å²) in [7, 11) is 0. The summed E-state index contributed by atoms with van der Waals surface area (Å²) < 4.78 is 17.3. The summed E-state index contributed by atoms with van der Waals surface area (Å²) in [6, 6.07) is 15.9. The maximum Gasteiger partial charge on any atom is 0.303 e. The van der Waals surface area contributed by atoms with Crippen molar-refractivity contribution >= 4 is 5.97 Å². The highest BCUT2D eigenvalue weighted by molar-refractivity contribution is 5.67. The van der Waals surface area contributed by atoms with E-state index in [-0.39, 0.29) is 25.4 Å². The summed E-state index contributed by atoms with van der Waals surface area (Å²) in [5.74, 6) is -0.789. The molecule has 0 aromatic heterocycles. The third-order valence-corrected chi connectivity index (χ3v) is 4.66.